The molecule has 0 amide bonds. The van der Waals surface area contributed by atoms with E-state index in [1.165, 1.54) is 0 Å². The Morgan fingerprint density at radius 3 is 2.93 bits per heavy atom. The van der Waals surface area contributed by atoms with Crippen LogP contribution >= 0.6 is 0 Å². The van der Waals surface area contributed by atoms with E-state index in [0.717, 1.165) is 16.6 Å². The van der Waals surface area contributed by atoms with Crippen LogP contribution < -0.4 is 5.73 Å². The molecule has 0 aliphatic carbocycles. The van der Waals surface area contributed by atoms with Crippen molar-refractivity contribution in [2.45, 2.75) is 6.42 Å². The van der Waals surface area contributed by atoms with Crippen molar-refractivity contribution in [2.75, 3.05) is 0 Å². The largest absolute Gasteiger partial charge is 0.387 e. The molecule has 0 fully saturated rings. The van der Waals surface area contributed by atoms with Crippen molar-refractivity contribution < 1.29 is 0 Å². The maximum absolute atomic E-state index is 7.28. The van der Waals surface area contributed by atoms with Gasteiger partial charge < -0.3 is 5.73 Å². The Morgan fingerprint density at radius 2 is 2.21 bits per heavy atom. The fraction of sp³-hybridized carbons (Fsp3) is 0.200. The van der Waals surface area contributed by atoms with Crippen molar-refractivity contribution in [2.24, 2.45) is 12.8 Å². The summed E-state index contributed by atoms with van der Waals surface area (Å²) in [7, 11) is 1.87. The smallest absolute Gasteiger partial charge is 0.0966 e. The topological polar surface area (TPSA) is 67.7 Å². The maximum Gasteiger partial charge on any atom is 0.0966 e. The molecule has 0 unspecified atom stereocenters. The molecule has 1 aromatic carbocycles. The predicted molar refractivity (Wildman–Crippen MR) is 56.3 cm³/mol. The highest BCUT2D eigenvalue weighted by molar-refractivity contribution is 5.87. The lowest BCUT2D eigenvalue weighted by Crippen LogP contribution is -2.15. The second-order valence-corrected chi connectivity index (χ2v) is 3.29. The SMILES string of the molecule is Cn1nc2ccccc2c1CC(=N)N. The number of nitrogens with one attached hydrogen (secondary N) is 1. The standard InChI is InChI=1S/C10H12N4/c1-14-9(6-10(11)12)7-4-2-3-5-8(7)13-14/h2-5H,6H2,1H3,(H3,11,12). The Hall–Kier alpha value is -1.84. The quantitative estimate of drug-likeness (QED) is 0.546. The predicted octanol–water partition coefficient (Wildman–Crippen LogP) is 1.05. The van der Waals surface area contributed by atoms with Crippen LogP contribution in [0.25, 0.3) is 10.9 Å². The molecular weight excluding hydrogens is 176 g/mol. The zero-order chi connectivity index (χ0) is 10.1. The van der Waals surface area contributed by atoms with Crippen LogP contribution in [0, 0.1) is 5.41 Å². The van der Waals surface area contributed by atoms with Crippen LogP contribution in [0.5, 0.6) is 0 Å². The van der Waals surface area contributed by atoms with Gasteiger partial charge in [-0.15, -0.1) is 0 Å². The van der Waals surface area contributed by atoms with Gasteiger partial charge in [0.2, 0.25) is 0 Å². The molecule has 0 saturated carbocycles. The van der Waals surface area contributed by atoms with Crippen molar-refractivity contribution in [3.63, 3.8) is 0 Å². The van der Waals surface area contributed by atoms with Crippen LogP contribution in [0.3, 0.4) is 0 Å². The van der Waals surface area contributed by atoms with Gasteiger partial charge in [-0.2, -0.15) is 5.10 Å². The van der Waals surface area contributed by atoms with Gasteiger partial charge in [0.1, 0.15) is 0 Å². The molecule has 1 aromatic heterocycles. The molecule has 14 heavy (non-hydrogen) atoms. The number of nitrogens with zero attached hydrogens (tertiary/aromatic N) is 2. The minimum atomic E-state index is 0.166. The second kappa shape index (κ2) is 3.14. The Kier molecular flexibility index (Phi) is 1.96. The molecule has 0 spiro atoms. The van der Waals surface area contributed by atoms with Crippen molar-refractivity contribution in [3.05, 3.63) is 30.0 Å². The first-order valence-electron chi connectivity index (χ1n) is 4.42. The molecule has 2 rings (SSSR count). The van der Waals surface area contributed by atoms with Gasteiger partial charge in [0.25, 0.3) is 0 Å². The fourth-order valence-corrected chi connectivity index (χ4v) is 1.59. The third-order valence-electron chi connectivity index (χ3n) is 2.22. The van der Waals surface area contributed by atoms with Crippen LogP contribution in [0.4, 0.5) is 0 Å². The number of aromatic nitrogens is 2. The average Bonchev–Trinajstić information content (AvgIpc) is 2.43. The lowest BCUT2D eigenvalue weighted by molar-refractivity contribution is 0.741. The van der Waals surface area contributed by atoms with E-state index in [4.69, 9.17) is 11.1 Å². The highest BCUT2D eigenvalue weighted by atomic mass is 15.3. The summed E-state index contributed by atoms with van der Waals surface area (Å²) >= 11 is 0. The van der Waals surface area contributed by atoms with E-state index in [0.29, 0.717) is 6.42 Å². The van der Waals surface area contributed by atoms with E-state index >= 15 is 0 Å². The summed E-state index contributed by atoms with van der Waals surface area (Å²) < 4.78 is 1.78. The van der Waals surface area contributed by atoms with Gasteiger partial charge in [-0.25, -0.2) is 0 Å². The number of aryl methyl sites for hydroxylation is 1. The Labute approximate surface area is 81.8 Å². The van der Waals surface area contributed by atoms with Crippen LogP contribution in [-0.4, -0.2) is 15.6 Å². The normalized spacial score (nSPS) is 10.6. The van der Waals surface area contributed by atoms with E-state index < -0.39 is 0 Å². The van der Waals surface area contributed by atoms with Crippen LogP contribution in [-0.2, 0) is 13.5 Å². The van der Waals surface area contributed by atoms with Gasteiger partial charge >= 0.3 is 0 Å². The summed E-state index contributed by atoms with van der Waals surface area (Å²) in [6, 6.07) is 7.88. The van der Waals surface area contributed by atoms with Gasteiger partial charge in [0, 0.05) is 18.9 Å². The average molecular weight is 188 g/mol. The minimum absolute atomic E-state index is 0.166. The number of rotatable bonds is 2. The molecule has 0 bridgehead atoms. The van der Waals surface area contributed by atoms with E-state index in [1.807, 2.05) is 31.3 Å². The number of fused-ring (bicyclic) bond motifs is 1. The van der Waals surface area contributed by atoms with Crippen molar-refractivity contribution in [3.8, 4) is 0 Å². The third-order valence-corrected chi connectivity index (χ3v) is 2.22. The van der Waals surface area contributed by atoms with E-state index in [1.54, 1.807) is 4.68 Å². The minimum Gasteiger partial charge on any atom is -0.387 e. The molecule has 0 aliphatic rings. The zero-order valence-corrected chi connectivity index (χ0v) is 7.99. The number of benzene rings is 1. The van der Waals surface area contributed by atoms with Crippen molar-refractivity contribution in [1.29, 1.82) is 5.41 Å². The first-order chi connectivity index (χ1) is 6.68. The first kappa shape index (κ1) is 8.74. The lowest BCUT2D eigenvalue weighted by atomic mass is 10.1. The summed E-state index contributed by atoms with van der Waals surface area (Å²) in [5, 5.41) is 12.7. The second-order valence-electron chi connectivity index (χ2n) is 3.29. The Bertz CT molecular complexity index is 484. The molecule has 72 valence electrons. The summed E-state index contributed by atoms with van der Waals surface area (Å²) in [5.74, 6) is 0.166. The Morgan fingerprint density at radius 1 is 1.50 bits per heavy atom. The van der Waals surface area contributed by atoms with Gasteiger partial charge in [-0.1, -0.05) is 18.2 Å². The van der Waals surface area contributed by atoms with E-state index in [-0.39, 0.29) is 5.84 Å². The molecule has 0 radical (unpaired) electrons. The third kappa shape index (κ3) is 1.35. The van der Waals surface area contributed by atoms with Gasteiger partial charge in [0.15, 0.2) is 0 Å². The molecule has 3 N–H and O–H groups in total. The zero-order valence-electron chi connectivity index (χ0n) is 7.99. The summed E-state index contributed by atoms with van der Waals surface area (Å²) in [6.07, 6.45) is 0.455. The van der Waals surface area contributed by atoms with Crippen molar-refractivity contribution in [1.82, 2.24) is 9.78 Å². The molecule has 0 atom stereocenters. The van der Waals surface area contributed by atoms with Crippen molar-refractivity contribution >= 4 is 16.7 Å². The molecule has 0 aliphatic heterocycles. The van der Waals surface area contributed by atoms with Crippen LogP contribution in [0.2, 0.25) is 0 Å². The Balaban J connectivity index is 2.62. The highest BCUT2D eigenvalue weighted by Crippen LogP contribution is 2.17. The number of hydrogen-bond donors (Lipinski definition) is 2. The summed E-state index contributed by atoms with van der Waals surface area (Å²) in [4.78, 5) is 0. The fourth-order valence-electron chi connectivity index (χ4n) is 1.59. The molecule has 2 aromatic rings. The molecule has 0 saturated heterocycles. The number of nitrogens with two attached hydrogens (primary N) is 1. The molecule has 1 heterocycles. The van der Waals surface area contributed by atoms with E-state index in [9.17, 15) is 0 Å². The first-order valence-corrected chi connectivity index (χ1v) is 4.42. The lowest BCUT2D eigenvalue weighted by Gasteiger charge is -1.99. The van der Waals surface area contributed by atoms with Gasteiger partial charge in [-0.05, 0) is 6.07 Å². The van der Waals surface area contributed by atoms with Crippen LogP contribution in [0.15, 0.2) is 24.3 Å². The number of hydrogen-bond acceptors (Lipinski definition) is 2. The monoisotopic (exact) mass is 188 g/mol. The number of amidine groups is 1. The summed E-state index contributed by atoms with van der Waals surface area (Å²) in [6.45, 7) is 0. The van der Waals surface area contributed by atoms with Gasteiger partial charge in [-0.3, -0.25) is 10.1 Å². The van der Waals surface area contributed by atoms with Crippen LogP contribution in [0.1, 0.15) is 5.69 Å². The molecular formula is C10H12N4. The summed E-state index contributed by atoms with van der Waals surface area (Å²) in [5.41, 5.74) is 7.33. The highest BCUT2D eigenvalue weighted by Gasteiger charge is 2.08. The molecule has 4 heteroatoms. The van der Waals surface area contributed by atoms with E-state index in [2.05, 4.69) is 5.10 Å². The maximum atomic E-state index is 7.28. The molecule has 4 nitrogen and oxygen atoms in total. The van der Waals surface area contributed by atoms with Gasteiger partial charge in [0.05, 0.1) is 17.0 Å².